The van der Waals surface area contributed by atoms with E-state index in [1.807, 2.05) is 0 Å². The molecule has 1 saturated carbocycles. The molecule has 0 saturated heterocycles. The van der Waals surface area contributed by atoms with E-state index in [2.05, 4.69) is 10.1 Å². The smallest absolute Gasteiger partial charge is 0.406 e. The van der Waals surface area contributed by atoms with Gasteiger partial charge in [-0.05, 0) is 37.1 Å². The van der Waals surface area contributed by atoms with Crippen LogP contribution in [0.15, 0.2) is 24.3 Å². The van der Waals surface area contributed by atoms with Crippen LogP contribution in [0.5, 0.6) is 5.75 Å². The van der Waals surface area contributed by atoms with Crippen LogP contribution < -0.4 is 10.1 Å². The summed E-state index contributed by atoms with van der Waals surface area (Å²) in [4.78, 5) is 0. The largest absolute Gasteiger partial charge is 0.573 e. The van der Waals surface area contributed by atoms with Crippen LogP contribution in [0.4, 0.5) is 18.9 Å². The third kappa shape index (κ3) is 3.34. The molecule has 0 unspecified atom stereocenters. The molecule has 1 aromatic carbocycles. The van der Waals surface area contributed by atoms with Gasteiger partial charge in [-0.3, -0.25) is 0 Å². The zero-order chi connectivity index (χ0) is 10.9. The van der Waals surface area contributed by atoms with Gasteiger partial charge >= 0.3 is 6.36 Å². The average Bonchev–Trinajstić information content (AvgIpc) is 2.90. The normalized spacial score (nSPS) is 16.2. The molecule has 2 rings (SSSR count). The molecule has 2 nitrogen and oxygen atoms in total. The van der Waals surface area contributed by atoms with Crippen molar-refractivity contribution >= 4 is 5.69 Å². The third-order valence-electron chi connectivity index (χ3n) is 2.04. The second-order valence-electron chi connectivity index (χ2n) is 3.49. The second kappa shape index (κ2) is 3.64. The molecule has 0 atom stereocenters. The van der Waals surface area contributed by atoms with E-state index in [0.29, 0.717) is 6.04 Å². The summed E-state index contributed by atoms with van der Waals surface area (Å²) in [7, 11) is 0. The van der Waals surface area contributed by atoms with Gasteiger partial charge in [0.25, 0.3) is 0 Å². The van der Waals surface area contributed by atoms with Crippen LogP contribution in [-0.4, -0.2) is 12.4 Å². The summed E-state index contributed by atoms with van der Waals surface area (Å²) in [5.41, 5.74) is 0.826. The highest BCUT2D eigenvalue weighted by molar-refractivity contribution is 5.47. The second-order valence-corrected chi connectivity index (χ2v) is 3.49. The Kier molecular flexibility index (Phi) is 2.46. The first-order valence-electron chi connectivity index (χ1n) is 4.65. The van der Waals surface area contributed by atoms with Gasteiger partial charge in [0.15, 0.2) is 0 Å². The van der Waals surface area contributed by atoms with Gasteiger partial charge in [0.2, 0.25) is 0 Å². The number of anilines is 1. The molecule has 5 heteroatoms. The summed E-state index contributed by atoms with van der Waals surface area (Å²) < 4.78 is 39.2. The maximum Gasteiger partial charge on any atom is 0.573 e. The van der Waals surface area contributed by atoms with Crippen LogP contribution in [-0.2, 0) is 0 Å². The molecule has 1 aliphatic rings. The summed E-state index contributed by atoms with van der Waals surface area (Å²) >= 11 is 0. The number of ether oxygens (including phenoxy) is 1. The zero-order valence-corrected chi connectivity index (χ0v) is 7.84. The molecule has 0 heterocycles. The maximum absolute atomic E-state index is 11.8. The number of hydrogen-bond acceptors (Lipinski definition) is 2. The van der Waals surface area contributed by atoms with E-state index in [-0.39, 0.29) is 5.75 Å². The van der Waals surface area contributed by atoms with Gasteiger partial charge in [-0.1, -0.05) is 0 Å². The van der Waals surface area contributed by atoms with Crippen molar-refractivity contribution in [1.29, 1.82) is 0 Å². The van der Waals surface area contributed by atoms with Crippen LogP contribution in [0.25, 0.3) is 0 Å². The van der Waals surface area contributed by atoms with E-state index >= 15 is 0 Å². The SMILES string of the molecule is FC(F)(F)Oc1ccc(NC2CC2)cc1. The lowest BCUT2D eigenvalue weighted by molar-refractivity contribution is -0.274. The van der Waals surface area contributed by atoms with Gasteiger partial charge in [0.1, 0.15) is 5.75 Å². The first-order chi connectivity index (χ1) is 7.03. The van der Waals surface area contributed by atoms with Crippen LogP contribution in [0.3, 0.4) is 0 Å². The molecule has 0 bridgehead atoms. The number of rotatable bonds is 3. The summed E-state index contributed by atoms with van der Waals surface area (Å²) in [6, 6.07) is 6.26. The molecule has 0 radical (unpaired) electrons. The number of hydrogen-bond donors (Lipinski definition) is 1. The van der Waals surface area contributed by atoms with E-state index in [0.717, 1.165) is 18.5 Å². The first-order valence-corrected chi connectivity index (χ1v) is 4.65. The van der Waals surface area contributed by atoms with Crippen molar-refractivity contribution in [1.82, 2.24) is 0 Å². The van der Waals surface area contributed by atoms with Gasteiger partial charge in [-0.2, -0.15) is 0 Å². The minimum absolute atomic E-state index is 0.191. The van der Waals surface area contributed by atoms with Crippen molar-refractivity contribution in [3.05, 3.63) is 24.3 Å². The Hall–Kier alpha value is -1.39. The minimum atomic E-state index is -4.62. The first kappa shape index (κ1) is 10.1. The summed E-state index contributed by atoms with van der Waals surface area (Å²) in [6.45, 7) is 0. The zero-order valence-electron chi connectivity index (χ0n) is 7.84. The minimum Gasteiger partial charge on any atom is -0.406 e. The van der Waals surface area contributed by atoms with E-state index in [1.54, 1.807) is 12.1 Å². The molecule has 82 valence electrons. The van der Waals surface area contributed by atoms with Crippen molar-refractivity contribution in [2.45, 2.75) is 25.2 Å². The Morgan fingerprint density at radius 1 is 1.13 bits per heavy atom. The molecule has 15 heavy (non-hydrogen) atoms. The lowest BCUT2D eigenvalue weighted by atomic mass is 10.3. The van der Waals surface area contributed by atoms with Crippen molar-refractivity contribution in [3.8, 4) is 5.75 Å². The molecule has 0 aromatic heterocycles. The maximum atomic E-state index is 11.8. The fourth-order valence-electron chi connectivity index (χ4n) is 1.22. The van der Waals surface area contributed by atoms with Crippen molar-refractivity contribution in [2.24, 2.45) is 0 Å². The molecular weight excluding hydrogens is 207 g/mol. The van der Waals surface area contributed by atoms with Crippen molar-refractivity contribution in [2.75, 3.05) is 5.32 Å². The fraction of sp³-hybridized carbons (Fsp3) is 0.400. The molecule has 1 fully saturated rings. The molecule has 0 spiro atoms. The highest BCUT2D eigenvalue weighted by atomic mass is 19.4. The topological polar surface area (TPSA) is 21.3 Å². The Labute approximate surface area is 85.0 Å². The average molecular weight is 217 g/mol. The summed E-state index contributed by atoms with van der Waals surface area (Å²) in [5.74, 6) is -0.191. The predicted octanol–water partition coefficient (Wildman–Crippen LogP) is 3.16. The summed E-state index contributed by atoms with van der Waals surface area (Å²) in [5, 5.41) is 3.17. The molecule has 0 amide bonds. The standard InChI is InChI=1S/C10H10F3NO/c11-10(12,13)15-9-5-3-8(4-6-9)14-7-1-2-7/h3-7,14H,1-2H2. The van der Waals surface area contributed by atoms with Gasteiger partial charge < -0.3 is 10.1 Å². The van der Waals surface area contributed by atoms with Gasteiger partial charge in [0, 0.05) is 11.7 Å². The fourth-order valence-corrected chi connectivity index (χ4v) is 1.22. The predicted molar refractivity (Wildman–Crippen MR) is 49.8 cm³/mol. The van der Waals surface area contributed by atoms with Gasteiger partial charge in [0.05, 0.1) is 0 Å². The molecular formula is C10H10F3NO. The highest BCUT2D eigenvalue weighted by Gasteiger charge is 2.31. The van der Waals surface area contributed by atoms with Gasteiger partial charge in [-0.25, -0.2) is 0 Å². The third-order valence-corrected chi connectivity index (χ3v) is 2.04. The monoisotopic (exact) mass is 217 g/mol. The van der Waals surface area contributed by atoms with Crippen LogP contribution in [0, 0.1) is 0 Å². The van der Waals surface area contributed by atoms with Crippen molar-refractivity contribution in [3.63, 3.8) is 0 Å². The number of nitrogens with one attached hydrogen (secondary N) is 1. The van der Waals surface area contributed by atoms with E-state index in [1.165, 1.54) is 12.1 Å². The van der Waals surface area contributed by atoms with E-state index in [9.17, 15) is 13.2 Å². The van der Waals surface area contributed by atoms with Gasteiger partial charge in [-0.15, -0.1) is 13.2 Å². The van der Waals surface area contributed by atoms with Crippen LogP contribution in [0.2, 0.25) is 0 Å². The Balaban J connectivity index is 1.96. The molecule has 1 N–H and O–H groups in total. The Morgan fingerprint density at radius 2 is 1.73 bits per heavy atom. The number of halogens is 3. The lowest BCUT2D eigenvalue weighted by Crippen LogP contribution is -2.17. The Morgan fingerprint density at radius 3 is 2.20 bits per heavy atom. The Bertz CT molecular complexity index is 330. The summed E-state index contributed by atoms with van der Waals surface area (Å²) in [6.07, 6.45) is -2.37. The molecule has 1 aromatic rings. The lowest BCUT2D eigenvalue weighted by Gasteiger charge is -2.09. The van der Waals surface area contributed by atoms with Crippen LogP contribution >= 0.6 is 0 Å². The quantitative estimate of drug-likeness (QED) is 0.839. The highest BCUT2D eigenvalue weighted by Crippen LogP contribution is 2.27. The van der Waals surface area contributed by atoms with E-state index < -0.39 is 6.36 Å². The molecule has 1 aliphatic carbocycles. The molecule has 0 aliphatic heterocycles. The van der Waals surface area contributed by atoms with E-state index in [4.69, 9.17) is 0 Å². The number of alkyl halides is 3. The van der Waals surface area contributed by atoms with Crippen LogP contribution in [0.1, 0.15) is 12.8 Å². The number of benzene rings is 1. The van der Waals surface area contributed by atoms with Crippen molar-refractivity contribution < 1.29 is 17.9 Å².